The molecule has 1 saturated heterocycles. The lowest BCUT2D eigenvalue weighted by atomic mass is 10.3. The van der Waals surface area contributed by atoms with Gasteiger partial charge in [-0.25, -0.2) is 9.78 Å². The number of urea groups is 1. The molecule has 1 N–H and O–H groups in total. The Morgan fingerprint density at radius 2 is 2.13 bits per heavy atom. The summed E-state index contributed by atoms with van der Waals surface area (Å²) in [6.07, 6.45) is 0.743. The number of pyridine rings is 1. The molecular formula is C17H18ClN3O2. The molecule has 120 valence electrons. The lowest BCUT2D eigenvalue weighted by Gasteiger charge is -2.18. The number of carbonyl (C=O) groups excluding carboxylic acids is 1. The Kier molecular flexibility index (Phi) is 4.67. The normalized spacial score (nSPS) is 17.1. The van der Waals surface area contributed by atoms with E-state index in [9.17, 15) is 4.79 Å². The van der Waals surface area contributed by atoms with Crippen LogP contribution in [0.25, 0.3) is 0 Å². The molecule has 0 saturated carbocycles. The van der Waals surface area contributed by atoms with Crippen LogP contribution in [0.3, 0.4) is 0 Å². The van der Waals surface area contributed by atoms with Crippen LogP contribution in [0.4, 0.5) is 10.5 Å². The highest BCUT2D eigenvalue weighted by molar-refractivity contribution is 6.33. The predicted molar refractivity (Wildman–Crippen MR) is 90.1 cm³/mol. The molecule has 1 aromatic carbocycles. The van der Waals surface area contributed by atoms with Crippen LogP contribution in [0.15, 0.2) is 42.5 Å². The quantitative estimate of drug-likeness (QED) is 0.932. The smallest absolute Gasteiger partial charge is 0.322 e. The van der Waals surface area contributed by atoms with Gasteiger partial charge in [-0.3, -0.25) is 0 Å². The molecule has 6 heteroatoms. The van der Waals surface area contributed by atoms with Gasteiger partial charge in [0.25, 0.3) is 0 Å². The van der Waals surface area contributed by atoms with E-state index in [1.165, 1.54) is 0 Å². The second-order valence-corrected chi connectivity index (χ2v) is 5.91. The van der Waals surface area contributed by atoms with Gasteiger partial charge in [0.2, 0.25) is 5.88 Å². The van der Waals surface area contributed by atoms with E-state index in [2.05, 4.69) is 10.3 Å². The Labute approximate surface area is 140 Å². The number of para-hydroxylation sites is 1. The van der Waals surface area contributed by atoms with E-state index in [1.54, 1.807) is 17.0 Å². The van der Waals surface area contributed by atoms with Crippen molar-refractivity contribution >= 4 is 23.3 Å². The van der Waals surface area contributed by atoms with Crippen molar-refractivity contribution in [2.24, 2.45) is 0 Å². The fourth-order valence-electron chi connectivity index (χ4n) is 2.52. The van der Waals surface area contributed by atoms with Gasteiger partial charge in [0.1, 0.15) is 6.10 Å². The molecule has 1 aromatic heterocycles. The number of hydrogen-bond acceptors (Lipinski definition) is 3. The molecule has 0 spiro atoms. The molecular weight excluding hydrogens is 314 g/mol. The summed E-state index contributed by atoms with van der Waals surface area (Å²) in [5, 5.41) is 3.35. The number of rotatable bonds is 3. The maximum Gasteiger partial charge on any atom is 0.322 e. The zero-order valence-electron chi connectivity index (χ0n) is 12.8. The van der Waals surface area contributed by atoms with Gasteiger partial charge in [-0.2, -0.15) is 0 Å². The van der Waals surface area contributed by atoms with Crippen molar-refractivity contribution in [2.45, 2.75) is 19.4 Å². The first-order valence-electron chi connectivity index (χ1n) is 7.52. The molecule has 1 aliphatic rings. The largest absolute Gasteiger partial charge is 0.472 e. The van der Waals surface area contributed by atoms with Gasteiger partial charge in [-0.05, 0) is 25.1 Å². The molecule has 23 heavy (non-hydrogen) atoms. The fourth-order valence-corrected chi connectivity index (χ4v) is 2.70. The number of ether oxygens (including phenoxy) is 1. The predicted octanol–water partition coefficient (Wildman–Crippen LogP) is 3.73. The van der Waals surface area contributed by atoms with Crippen LogP contribution in [0.2, 0.25) is 5.02 Å². The molecule has 1 atom stereocenters. The van der Waals surface area contributed by atoms with E-state index in [1.807, 2.05) is 37.3 Å². The molecule has 0 aliphatic carbocycles. The SMILES string of the molecule is Cc1cccc(OC2CCN(C(=O)Nc3ccccc3Cl)C2)n1. The fraction of sp³-hybridized carbons (Fsp3) is 0.294. The molecule has 5 nitrogen and oxygen atoms in total. The lowest BCUT2D eigenvalue weighted by molar-refractivity contribution is 0.189. The minimum absolute atomic E-state index is 0.0405. The Hall–Kier alpha value is -2.27. The summed E-state index contributed by atoms with van der Waals surface area (Å²) in [6.45, 7) is 3.10. The first-order valence-corrected chi connectivity index (χ1v) is 7.90. The topological polar surface area (TPSA) is 54.5 Å². The highest BCUT2D eigenvalue weighted by Crippen LogP contribution is 2.22. The number of anilines is 1. The number of aromatic nitrogens is 1. The Bertz CT molecular complexity index is 708. The van der Waals surface area contributed by atoms with Crippen LogP contribution >= 0.6 is 11.6 Å². The number of nitrogens with zero attached hydrogens (tertiary/aromatic N) is 2. The average molecular weight is 332 g/mol. The molecule has 0 radical (unpaired) electrons. The van der Waals surface area contributed by atoms with Gasteiger partial charge in [0.15, 0.2) is 0 Å². The van der Waals surface area contributed by atoms with Crippen LogP contribution in [0.1, 0.15) is 12.1 Å². The summed E-state index contributed by atoms with van der Waals surface area (Å²) in [7, 11) is 0. The molecule has 1 unspecified atom stereocenters. The van der Waals surface area contributed by atoms with Gasteiger partial charge >= 0.3 is 6.03 Å². The zero-order valence-corrected chi connectivity index (χ0v) is 13.6. The van der Waals surface area contributed by atoms with E-state index in [0.717, 1.165) is 12.1 Å². The van der Waals surface area contributed by atoms with Crippen LogP contribution in [-0.4, -0.2) is 35.1 Å². The van der Waals surface area contributed by atoms with Crippen molar-refractivity contribution in [1.29, 1.82) is 0 Å². The monoisotopic (exact) mass is 331 g/mol. The highest BCUT2D eigenvalue weighted by Gasteiger charge is 2.28. The van der Waals surface area contributed by atoms with Crippen molar-refractivity contribution < 1.29 is 9.53 Å². The summed E-state index contributed by atoms with van der Waals surface area (Å²) < 4.78 is 5.85. The van der Waals surface area contributed by atoms with Crippen LogP contribution in [-0.2, 0) is 0 Å². The molecule has 0 bridgehead atoms. The Morgan fingerprint density at radius 3 is 2.91 bits per heavy atom. The highest BCUT2D eigenvalue weighted by atomic mass is 35.5. The number of amides is 2. The number of halogens is 1. The summed E-state index contributed by atoms with van der Waals surface area (Å²) >= 11 is 6.06. The van der Waals surface area contributed by atoms with Gasteiger partial charge in [-0.15, -0.1) is 0 Å². The van der Waals surface area contributed by atoms with Crippen molar-refractivity contribution in [1.82, 2.24) is 9.88 Å². The van der Waals surface area contributed by atoms with Crippen LogP contribution in [0.5, 0.6) is 5.88 Å². The van der Waals surface area contributed by atoms with Crippen molar-refractivity contribution in [3.8, 4) is 5.88 Å². The molecule has 2 heterocycles. The van der Waals surface area contributed by atoms with Crippen molar-refractivity contribution in [2.75, 3.05) is 18.4 Å². The summed E-state index contributed by atoms with van der Waals surface area (Å²) in [5.74, 6) is 0.600. The van der Waals surface area contributed by atoms with E-state index in [4.69, 9.17) is 16.3 Å². The molecule has 3 rings (SSSR count). The van der Waals surface area contributed by atoms with Crippen molar-refractivity contribution in [3.63, 3.8) is 0 Å². The standard InChI is InChI=1S/C17H18ClN3O2/c1-12-5-4-8-16(19-12)23-13-9-10-21(11-13)17(22)20-15-7-3-2-6-14(15)18/h2-8,13H,9-11H2,1H3,(H,20,22). The summed E-state index contributed by atoms with van der Waals surface area (Å²) in [5.41, 5.74) is 1.53. The number of aryl methyl sites for hydroxylation is 1. The minimum Gasteiger partial charge on any atom is -0.472 e. The van der Waals surface area contributed by atoms with Crippen LogP contribution in [0, 0.1) is 6.92 Å². The van der Waals surface area contributed by atoms with Gasteiger partial charge in [0, 0.05) is 24.7 Å². The third kappa shape index (κ3) is 3.93. The second-order valence-electron chi connectivity index (χ2n) is 5.50. The van der Waals surface area contributed by atoms with Gasteiger partial charge in [-0.1, -0.05) is 29.8 Å². The van der Waals surface area contributed by atoms with E-state index < -0.39 is 0 Å². The summed E-state index contributed by atoms with van der Waals surface area (Å²) in [4.78, 5) is 18.4. The van der Waals surface area contributed by atoms with E-state index in [-0.39, 0.29) is 12.1 Å². The first-order chi connectivity index (χ1) is 11.1. The second kappa shape index (κ2) is 6.87. The van der Waals surface area contributed by atoms with Gasteiger partial charge in [0.05, 0.1) is 17.3 Å². The van der Waals surface area contributed by atoms with Gasteiger partial charge < -0.3 is 15.0 Å². The minimum atomic E-state index is -0.165. The molecule has 1 fully saturated rings. The van der Waals surface area contributed by atoms with Crippen molar-refractivity contribution in [3.05, 3.63) is 53.2 Å². The van der Waals surface area contributed by atoms with Crippen LogP contribution < -0.4 is 10.1 Å². The third-order valence-electron chi connectivity index (χ3n) is 3.70. The number of hydrogen-bond donors (Lipinski definition) is 1. The maximum absolute atomic E-state index is 12.3. The third-order valence-corrected chi connectivity index (χ3v) is 4.03. The molecule has 2 amide bonds. The average Bonchev–Trinajstić information content (AvgIpc) is 2.98. The van der Waals surface area contributed by atoms with E-state index in [0.29, 0.717) is 29.7 Å². The number of carbonyl (C=O) groups is 1. The van der Waals surface area contributed by atoms with E-state index >= 15 is 0 Å². The molecule has 2 aromatic rings. The number of likely N-dealkylation sites (tertiary alicyclic amines) is 1. The Morgan fingerprint density at radius 1 is 1.30 bits per heavy atom. The number of benzene rings is 1. The molecule has 1 aliphatic heterocycles. The zero-order chi connectivity index (χ0) is 16.2. The first kappa shape index (κ1) is 15.6. The maximum atomic E-state index is 12.3. The summed E-state index contributed by atoms with van der Waals surface area (Å²) in [6, 6.07) is 12.7. The Balaban J connectivity index is 1.57. The number of nitrogens with one attached hydrogen (secondary N) is 1. The lowest BCUT2D eigenvalue weighted by Crippen LogP contribution is -2.34.